The topological polar surface area (TPSA) is 148 Å². The predicted molar refractivity (Wildman–Crippen MR) is 62.4 cm³/mol. The molecule has 0 radical (unpaired) electrons. The van der Waals surface area contributed by atoms with Crippen LogP contribution in [-0.4, -0.2) is 53.3 Å². The fraction of sp³-hybridized carbons (Fsp3) is 0.600. The molecule has 2 fully saturated rings. The smallest absolute Gasteiger partial charge is 0.322 e. The number of urea groups is 1. The third-order valence-electron chi connectivity index (χ3n) is 3.33. The van der Waals surface area contributed by atoms with Crippen LogP contribution in [0.25, 0.3) is 0 Å². The van der Waals surface area contributed by atoms with Gasteiger partial charge in [0, 0.05) is 6.54 Å². The molecule has 2 rings (SSSR count). The fourth-order valence-electron chi connectivity index (χ4n) is 2.35. The van der Waals surface area contributed by atoms with Gasteiger partial charge >= 0.3 is 6.03 Å². The average Bonchev–Trinajstić information content (AvgIpc) is 2.83. The number of nitrogens with two attached hydrogens (primary N) is 2. The first-order valence-corrected chi connectivity index (χ1v) is 5.80. The molecule has 9 heteroatoms. The van der Waals surface area contributed by atoms with Crippen molar-refractivity contribution < 1.29 is 19.2 Å². The second-order valence-electron chi connectivity index (χ2n) is 4.78. The Labute approximate surface area is 108 Å². The highest BCUT2D eigenvalue weighted by Crippen LogP contribution is 2.25. The summed E-state index contributed by atoms with van der Waals surface area (Å²) in [5, 5.41) is 4.66. The largest absolute Gasteiger partial charge is 0.370 e. The molecule has 0 aliphatic carbocycles. The number of amides is 5. The van der Waals surface area contributed by atoms with Gasteiger partial charge in [0.2, 0.25) is 11.8 Å². The molecule has 0 saturated carbocycles. The Bertz CT molecular complexity index is 465. The minimum absolute atomic E-state index is 0.0515. The summed E-state index contributed by atoms with van der Waals surface area (Å²) >= 11 is 0. The quantitative estimate of drug-likeness (QED) is 0.403. The Morgan fingerprint density at radius 3 is 2.63 bits per heavy atom. The number of nitrogens with zero attached hydrogens (tertiary/aromatic N) is 1. The highest BCUT2D eigenvalue weighted by Gasteiger charge is 2.51. The molecular formula is C10H15N5O4. The van der Waals surface area contributed by atoms with Gasteiger partial charge in [-0.25, -0.2) is 4.79 Å². The number of hydrogen-bond acceptors (Lipinski definition) is 5. The number of likely N-dealkylation sites (tertiary alicyclic amines) is 1. The van der Waals surface area contributed by atoms with E-state index >= 15 is 0 Å². The van der Waals surface area contributed by atoms with Gasteiger partial charge < -0.3 is 21.7 Å². The number of nitrogens with one attached hydrogen (secondary N) is 2. The lowest BCUT2D eigenvalue weighted by Gasteiger charge is -2.23. The van der Waals surface area contributed by atoms with Gasteiger partial charge in [0.05, 0.1) is 19.0 Å². The molecule has 104 valence electrons. The van der Waals surface area contributed by atoms with Gasteiger partial charge in [-0.2, -0.15) is 0 Å². The van der Waals surface area contributed by atoms with Crippen molar-refractivity contribution in [1.82, 2.24) is 15.5 Å². The van der Waals surface area contributed by atoms with E-state index in [0.717, 1.165) is 0 Å². The van der Waals surface area contributed by atoms with E-state index in [1.165, 1.54) is 4.90 Å². The van der Waals surface area contributed by atoms with Crippen molar-refractivity contribution in [2.75, 3.05) is 13.1 Å². The molecule has 0 aromatic carbocycles. The molecule has 2 unspecified atom stereocenters. The number of carbonyl (C=O) groups is 4. The number of imide groups is 1. The Morgan fingerprint density at radius 1 is 1.42 bits per heavy atom. The van der Waals surface area contributed by atoms with E-state index in [4.69, 9.17) is 11.5 Å². The molecule has 2 saturated heterocycles. The van der Waals surface area contributed by atoms with E-state index in [1.54, 1.807) is 0 Å². The van der Waals surface area contributed by atoms with E-state index in [2.05, 4.69) is 10.6 Å². The summed E-state index contributed by atoms with van der Waals surface area (Å²) in [7, 11) is 0. The van der Waals surface area contributed by atoms with E-state index in [9.17, 15) is 19.2 Å². The van der Waals surface area contributed by atoms with Crippen molar-refractivity contribution in [2.24, 2.45) is 11.5 Å². The van der Waals surface area contributed by atoms with Gasteiger partial charge in [0.1, 0.15) is 5.54 Å². The van der Waals surface area contributed by atoms with Crippen LogP contribution in [0.3, 0.4) is 0 Å². The van der Waals surface area contributed by atoms with Crippen LogP contribution in [0.5, 0.6) is 0 Å². The molecule has 2 aliphatic rings. The van der Waals surface area contributed by atoms with E-state index in [1.807, 2.05) is 0 Å². The molecule has 2 aliphatic heterocycles. The molecule has 6 N–H and O–H groups in total. The molecule has 2 heterocycles. The van der Waals surface area contributed by atoms with Crippen LogP contribution in [0.1, 0.15) is 12.8 Å². The summed E-state index contributed by atoms with van der Waals surface area (Å²) in [6, 6.07) is -1.59. The normalized spacial score (nSPS) is 27.3. The number of carbonyl (C=O) groups excluding carboxylic acids is 4. The van der Waals surface area contributed by atoms with Crippen molar-refractivity contribution in [3.05, 3.63) is 0 Å². The molecule has 1 spiro atoms. The third-order valence-corrected chi connectivity index (χ3v) is 3.33. The second kappa shape index (κ2) is 4.50. The van der Waals surface area contributed by atoms with E-state index < -0.39 is 35.3 Å². The number of hydrogen-bond donors (Lipinski definition) is 4. The zero-order valence-electron chi connectivity index (χ0n) is 10.1. The molecule has 0 aromatic rings. The highest BCUT2D eigenvalue weighted by atomic mass is 16.2. The molecule has 2 atom stereocenters. The second-order valence-corrected chi connectivity index (χ2v) is 4.78. The zero-order valence-corrected chi connectivity index (χ0v) is 10.1. The van der Waals surface area contributed by atoms with Crippen LogP contribution in [-0.2, 0) is 14.4 Å². The van der Waals surface area contributed by atoms with Crippen molar-refractivity contribution >= 4 is 23.8 Å². The fourth-order valence-corrected chi connectivity index (χ4v) is 2.35. The van der Waals surface area contributed by atoms with Crippen LogP contribution in [0.2, 0.25) is 0 Å². The van der Waals surface area contributed by atoms with Crippen molar-refractivity contribution in [3.8, 4) is 0 Å². The predicted octanol–water partition coefficient (Wildman–Crippen LogP) is -3.00. The lowest BCUT2D eigenvalue weighted by Crippen LogP contribution is -2.51. The van der Waals surface area contributed by atoms with Gasteiger partial charge in [0.25, 0.3) is 5.91 Å². The summed E-state index contributed by atoms with van der Waals surface area (Å²) in [5.41, 5.74) is 9.47. The van der Waals surface area contributed by atoms with Crippen molar-refractivity contribution in [2.45, 2.75) is 24.4 Å². The van der Waals surface area contributed by atoms with Crippen molar-refractivity contribution in [1.29, 1.82) is 0 Å². The Kier molecular flexibility index (Phi) is 3.14. The van der Waals surface area contributed by atoms with Crippen LogP contribution in [0, 0.1) is 0 Å². The summed E-state index contributed by atoms with van der Waals surface area (Å²) < 4.78 is 0. The summed E-state index contributed by atoms with van der Waals surface area (Å²) in [4.78, 5) is 46.9. The van der Waals surface area contributed by atoms with Gasteiger partial charge in [-0.15, -0.1) is 0 Å². The molecular weight excluding hydrogens is 254 g/mol. The first-order chi connectivity index (χ1) is 8.84. The number of rotatable bonds is 3. The molecule has 9 nitrogen and oxygen atoms in total. The molecule has 19 heavy (non-hydrogen) atoms. The number of primary amides is 1. The summed E-state index contributed by atoms with van der Waals surface area (Å²) in [6.45, 7) is 0.342. The monoisotopic (exact) mass is 269 g/mol. The maximum absolute atomic E-state index is 12.0. The van der Waals surface area contributed by atoms with Crippen molar-refractivity contribution in [3.63, 3.8) is 0 Å². The Balaban J connectivity index is 2.02. The standard InChI is InChI=1S/C10H15N5O4/c11-5(3-6(12)16)7(17)15-2-1-10(4-15)8(18)13-9(19)14-10/h5H,1-4,11H2,(H2,12,16)(H2,13,14,18,19). The van der Waals surface area contributed by atoms with Gasteiger partial charge in [0.15, 0.2) is 0 Å². The minimum Gasteiger partial charge on any atom is -0.370 e. The van der Waals surface area contributed by atoms with Gasteiger partial charge in [-0.3, -0.25) is 19.7 Å². The lowest BCUT2D eigenvalue weighted by atomic mass is 9.99. The SMILES string of the molecule is NC(=O)CC(N)C(=O)N1CCC2(C1)NC(=O)NC2=O. The van der Waals surface area contributed by atoms with Gasteiger partial charge in [-0.05, 0) is 6.42 Å². The highest BCUT2D eigenvalue weighted by molar-refractivity contribution is 6.07. The average molecular weight is 269 g/mol. The maximum Gasteiger partial charge on any atom is 0.322 e. The van der Waals surface area contributed by atoms with Gasteiger partial charge in [-0.1, -0.05) is 0 Å². The van der Waals surface area contributed by atoms with E-state index in [0.29, 0.717) is 13.0 Å². The third kappa shape index (κ3) is 2.36. The molecule has 0 aromatic heterocycles. The first-order valence-electron chi connectivity index (χ1n) is 5.80. The molecule has 5 amide bonds. The van der Waals surface area contributed by atoms with Crippen LogP contribution in [0.4, 0.5) is 4.79 Å². The maximum atomic E-state index is 12.0. The lowest BCUT2D eigenvalue weighted by molar-refractivity contribution is -0.134. The summed E-state index contributed by atoms with van der Waals surface area (Å²) in [6.07, 6.45) is 0.0699. The van der Waals surface area contributed by atoms with Crippen LogP contribution < -0.4 is 22.1 Å². The van der Waals surface area contributed by atoms with E-state index in [-0.39, 0.29) is 13.0 Å². The summed E-state index contributed by atoms with van der Waals surface area (Å²) in [5.74, 6) is -1.57. The first kappa shape index (κ1) is 13.3. The molecule has 0 bridgehead atoms. The Morgan fingerprint density at radius 2 is 2.11 bits per heavy atom. The minimum atomic E-state index is -1.07. The zero-order chi connectivity index (χ0) is 14.2. The van der Waals surface area contributed by atoms with Crippen LogP contribution in [0.15, 0.2) is 0 Å². The van der Waals surface area contributed by atoms with Crippen LogP contribution >= 0.6 is 0 Å². The Hall–Kier alpha value is -2.16.